The first-order chi connectivity index (χ1) is 14.4. The molecule has 3 aromatic rings. The summed E-state index contributed by atoms with van der Waals surface area (Å²) >= 11 is 0. The SMILES string of the molecule is Cc1nc(N[C@H](C)c2cccc(C(F)F)c2F)c2cc(N3CCNCC3)ncc2n1. The second-order valence-corrected chi connectivity index (χ2v) is 7.33. The molecule has 0 saturated carbocycles. The molecule has 0 aliphatic carbocycles. The van der Waals surface area contributed by atoms with Crippen LogP contribution in [-0.4, -0.2) is 41.1 Å². The second-order valence-electron chi connectivity index (χ2n) is 7.33. The van der Waals surface area contributed by atoms with Gasteiger partial charge in [-0.15, -0.1) is 0 Å². The van der Waals surface area contributed by atoms with Crippen LogP contribution in [-0.2, 0) is 0 Å². The van der Waals surface area contributed by atoms with Gasteiger partial charge < -0.3 is 15.5 Å². The van der Waals surface area contributed by atoms with Crippen molar-refractivity contribution in [3.63, 3.8) is 0 Å². The Balaban J connectivity index is 1.70. The quantitative estimate of drug-likeness (QED) is 0.656. The highest BCUT2D eigenvalue weighted by Gasteiger charge is 2.21. The van der Waals surface area contributed by atoms with Gasteiger partial charge in [-0.3, -0.25) is 0 Å². The fraction of sp³-hybridized carbons (Fsp3) is 0.381. The number of halogens is 3. The Bertz CT molecular complexity index is 1050. The summed E-state index contributed by atoms with van der Waals surface area (Å²) in [5, 5.41) is 7.24. The van der Waals surface area contributed by atoms with E-state index in [0.717, 1.165) is 43.4 Å². The molecule has 0 radical (unpaired) electrons. The second kappa shape index (κ2) is 8.43. The van der Waals surface area contributed by atoms with Crippen LogP contribution < -0.4 is 15.5 Å². The molecule has 0 unspecified atom stereocenters. The Labute approximate surface area is 172 Å². The molecule has 6 nitrogen and oxygen atoms in total. The fourth-order valence-electron chi connectivity index (χ4n) is 3.67. The molecular weight excluding hydrogens is 393 g/mol. The molecule has 1 aromatic carbocycles. The zero-order valence-corrected chi connectivity index (χ0v) is 16.8. The van der Waals surface area contributed by atoms with Crippen LogP contribution in [0.1, 0.15) is 36.3 Å². The van der Waals surface area contributed by atoms with E-state index in [2.05, 4.69) is 30.5 Å². The molecule has 3 heterocycles. The lowest BCUT2D eigenvalue weighted by Gasteiger charge is -2.28. The summed E-state index contributed by atoms with van der Waals surface area (Å²) in [4.78, 5) is 15.6. The highest BCUT2D eigenvalue weighted by Crippen LogP contribution is 2.31. The minimum Gasteiger partial charge on any atom is -0.363 e. The molecule has 9 heteroatoms. The Morgan fingerprint density at radius 1 is 1.13 bits per heavy atom. The van der Waals surface area contributed by atoms with E-state index in [1.54, 1.807) is 20.0 Å². The molecule has 30 heavy (non-hydrogen) atoms. The van der Waals surface area contributed by atoms with Crippen molar-refractivity contribution in [1.29, 1.82) is 0 Å². The molecular formula is C21H23F3N6. The summed E-state index contributed by atoms with van der Waals surface area (Å²) in [5.41, 5.74) is 0.224. The minimum atomic E-state index is -2.87. The molecule has 1 fully saturated rings. The monoisotopic (exact) mass is 416 g/mol. The maximum Gasteiger partial charge on any atom is 0.266 e. The predicted molar refractivity (Wildman–Crippen MR) is 111 cm³/mol. The van der Waals surface area contributed by atoms with E-state index in [1.807, 2.05) is 6.07 Å². The van der Waals surface area contributed by atoms with E-state index < -0.39 is 23.8 Å². The fourth-order valence-corrected chi connectivity index (χ4v) is 3.67. The summed E-state index contributed by atoms with van der Waals surface area (Å²) in [7, 11) is 0. The van der Waals surface area contributed by atoms with E-state index in [4.69, 9.17) is 0 Å². The number of piperazine rings is 1. The number of aryl methyl sites for hydroxylation is 1. The largest absolute Gasteiger partial charge is 0.363 e. The number of anilines is 2. The first-order valence-corrected chi connectivity index (χ1v) is 9.87. The maximum absolute atomic E-state index is 14.6. The average molecular weight is 416 g/mol. The van der Waals surface area contributed by atoms with Crippen LogP contribution in [0.25, 0.3) is 10.9 Å². The zero-order valence-electron chi connectivity index (χ0n) is 16.8. The van der Waals surface area contributed by atoms with Gasteiger partial charge >= 0.3 is 0 Å². The number of hydrogen-bond donors (Lipinski definition) is 2. The Kier molecular flexibility index (Phi) is 5.72. The van der Waals surface area contributed by atoms with Crippen molar-refractivity contribution in [2.24, 2.45) is 0 Å². The summed E-state index contributed by atoms with van der Waals surface area (Å²) in [5.74, 6) is 0.977. The van der Waals surface area contributed by atoms with E-state index in [1.165, 1.54) is 12.1 Å². The highest BCUT2D eigenvalue weighted by atomic mass is 19.3. The summed E-state index contributed by atoms with van der Waals surface area (Å²) in [6.07, 6.45) is -1.16. The molecule has 0 amide bonds. The lowest BCUT2D eigenvalue weighted by molar-refractivity contribution is 0.146. The summed E-state index contributed by atoms with van der Waals surface area (Å²) in [6, 6.07) is 5.39. The van der Waals surface area contributed by atoms with Crippen molar-refractivity contribution in [1.82, 2.24) is 20.3 Å². The predicted octanol–water partition coefficient (Wildman–Crippen LogP) is 3.99. The molecule has 1 aliphatic rings. The number of nitrogens with one attached hydrogen (secondary N) is 2. The molecule has 1 saturated heterocycles. The minimum absolute atomic E-state index is 0.161. The molecule has 1 atom stereocenters. The zero-order chi connectivity index (χ0) is 21.3. The van der Waals surface area contributed by atoms with Crippen LogP contribution in [0.15, 0.2) is 30.5 Å². The van der Waals surface area contributed by atoms with Crippen molar-refractivity contribution in [2.75, 3.05) is 36.4 Å². The van der Waals surface area contributed by atoms with E-state index >= 15 is 0 Å². The van der Waals surface area contributed by atoms with Crippen LogP contribution in [0.2, 0.25) is 0 Å². The van der Waals surface area contributed by atoms with Crippen LogP contribution in [0.4, 0.5) is 24.8 Å². The highest BCUT2D eigenvalue weighted by molar-refractivity contribution is 5.90. The first kappa shape index (κ1) is 20.3. The van der Waals surface area contributed by atoms with Gasteiger partial charge in [-0.05, 0) is 19.9 Å². The number of benzene rings is 1. The van der Waals surface area contributed by atoms with Crippen LogP contribution >= 0.6 is 0 Å². The number of pyridine rings is 1. The van der Waals surface area contributed by atoms with E-state index in [9.17, 15) is 13.2 Å². The average Bonchev–Trinajstić information content (AvgIpc) is 2.74. The third-order valence-corrected chi connectivity index (χ3v) is 5.23. The molecule has 4 rings (SSSR count). The lowest BCUT2D eigenvalue weighted by atomic mass is 10.0. The number of alkyl halides is 2. The number of hydrogen-bond acceptors (Lipinski definition) is 6. The Hall–Kier alpha value is -2.94. The van der Waals surface area contributed by atoms with Crippen molar-refractivity contribution in [2.45, 2.75) is 26.3 Å². The van der Waals surface area contributed by atoms with Crippen molar-refractivity contribution in [3.05, 3.63) is 53.2 Å². The molecule has 0 bridgehead atoms. The van der Waals surface area contributed by atoms with Crippen LogP contribution in [0.3, 0.4) is 0 Å². The molecule has 2 N–H and O–H groups in total. The van der Waals surface area contributed by atoms with Gasteiger partial charge in [0.25, 0.3) is 6.43 Å². The van der Waals surface area contributed by atoms with E-state index in [-0.39, 0.29) is 5.56 Å². The Morgan fingerprint density at radius 3 is 2.60 bits per heavy atom. The summed E-state index contributed by atoms with van der Waals surface area (Å²) < 4.78 is 40.8. The Morgan fingerprint density at radius 2 is 1.87 bits per heavy atom. The molecule has 0 spiro atoms. The van der Waals surface area contributed by atoms with Gasteiger partial charge in [-0.2, -0.15) is 0 Å². The third kappa shape index (κ3) is 4.02. The van der Waals surface area contributed by atoms with Gasteiger partial charge in [0, 0.05) is 37.1 Å². The molecule has 1 aliphatic heterocycles. The van der Waals surface area contributed by atoms with Gasteiger partial charge in [0.15, 0.2) is 0 Å². The smallest absolute Gasteiger partial charge is 0.266 e. The number of fused-ring (bicyclic) bond motifs is 1. The first-order valence-electron chi connectivity index (χ1n) is 9.87. The normalized spacial score (nSPS) is 15.6. The maximum atomic E-state index is 14.6. The van der Waals surface area contributed by atoms with Crippen molar-refractivity contribution < 1.29 is 13.2 Å². The molecule has 2 aromatic heterocycles. The van der Waals surface area contributed by atoms with Crippen LogP contribution in [0, 0.1) is 12.7 Å². The number of aromatic nitrogens is 3. The lowest BCUT2D eigenvalue weighted by Crippen LogP contribution is -2.43. The standard InChI is InChI=1S/C21H23F3N6/c1-12(14-4-3-5-15(19(14)22)20(23)24)27-21-16-10-18(30-8-6-25-7-9-30)26-11-17(16)28-13(2)29-21/h3-5,10-12,20,25H,6-9H2,1-2H3,(H,27,28,29)/t12-/m1/s1. The number of nitrogens with zero attached hydrogens (tertiary/aromatic N) is 4. The topological polar surface area (TPSA) is 66.0 Å². The van der Waals surface area contributed by atoms with Crippen molar-refractivity contribution >= 4 is 22.5 Å². The third-order valence-electron chi connectivity index (χ3n) is 5.23. The van der Waals surface area contributed by atoms with Gasteiger partial charge in [-0.1, -0.05) is 18.2 Å². The van der Waals surface area contributed by atoms with Gasteiger partial charge in [0.05, 0.1) is 23.3 Å². The summed E-state index contributed by atoms with van der Waals surface area (Å²) in [6.45, 7) is 6.93. The van der Waals surface area contributed by atoms with Crippen LogP contribution in [0.5, 0.6) is 0 Å². The van der Waals surface area contributed by atoms with Gasteiger partial charge in [-0.25, -0.2) is 28.1 Å². The molecule has 158 valence electrons. The van der Waals surface area contributed by atoms with Crippen molar-refractivity contribution in [3.8, 4) is 0 Å². The van der Waals surface area contributed by atoms with E-state index in [0.29, 0.717) is 17.2 Å². The number of rotatable bonds is 5. The van der Waals surface area contributed by atoms with Gasteiger partial charge in [0.1, 0.15) is 23.3 Å². The van der Waals surface area contributed by atoms with Gasteiger partial charge in [0.2, 0.25) is 0 Å².